The van der Waals surface area contributed by atoms with Gasteiger partial charge in [0.15, 0.2) is 0 Å². The second-order valence-electron chi connectivity index (χ2n) is 7.32. The molecule has 3 heteroatoms. The first-order valence-electron chi connectivity index (χ1n) is 9.85. The fourth-order valence-electron chi connectivity index (χ4n) is 2.92. The van der Waals surface area contributed by atoms with Crippen LogP contribution in [-0.2, 0) is 15.9 Å². The maximum Gasteiger partial charge on any atom is 0.338 e. The van der Waals surface area contributed by atoms with Crippen LogP contribution < -0.4 is 0 Å². The molecule has 0 N–H and O–H groups in total. The van der Waals surface area contributed by atoms with Gasteiger partial charge >= 0.3 is 5.97 Å². The first-order chi connectivity index (χ1) is 12.1. The molecule has 0 aliphatic heterocycles. The Balaban J connectivity index is 2.49. The highest BCUT2D eigenvalue weighted by molar-refractivity contribution is 5.89. The molecule has 0 spiro atoms. The summed E-state index contributed by atoms with van der Waals surface area (Å²) in [4.78, 5) is 12.5. The van der Waals surface area contributed by atoms with Crippen LogP contribution in [0.3, 0.4) is 0 Å². The van der Waals surface area contributed by atoms with Gasteiger partial charge in [-0.05, 0) is 49.3 Å². The normalized spacial score (nSPS) is 12.4. The Labute approximate surface area is 154 Å². The summed E-state index contributed by atoms with van der Waals surface area (Å²) in [6.45, 7) is 7.15. The van der Waals surface area contributed by atoms with E-state index in [1.165, 1.54) is 24.8 Å². The lowest BCUT2D eigenvalue weighted by Crippen LogP contribution is -2.23. The van der Waals surface area contributed by atoms with E-state index < -0.39 is 0 Å². The number of hydrogen-bond acceptors (Lipinski definition) is 3. The minimum atomic E-state index is -0.234. The maximum atomic E-state index is 12.5. The number of methoxy groups -OCH3 is 1. The SMILES string of the molecule is CCCCc1cccc(C(=O)OC(CCCCCC(C)C)COC)c1. The van der Waals surface area contributed by atoms with Gasteiger partial charge in [0, 0.05) is 7.11 Å². The number of hydrogen-bond donors (Lipinski definition) is 0. The molecule has 3 nitrogen and oxygen atoms in total. The number of ether oxygens (including phenoxy) is 2. The molecule has 1 unspecified atom stereocenters. The Bertz CT molecular complexity index is 482. The third-order valence-corrected chi connectivity index (χ3v) is 4.42. The van der Waals surface area contributed by atoms with E-state index in [2.05, 4.69) is 26.8 Å². The largest absolute Gasteiger partial charge is 0.456 e. The number of benzene rings is 1. The Morgan fingerprint density at radius 1 is 1.08 bits per heavy atom. The lowest BCUT2D eigenvalue weighted by molar-refractivity contribution is 0.00235. The molecule has 1 atom stereocenters. The van der Waals surface area contributed by atoms with Gasteiger partial charge in [0.25, 0.3) is 0 Å². The molecule has 1 aromatic carbocycles. The van der Waals surface area contributed by atoms with E-state index in [0.29, 0.717) is 12.2 Å². The summed E-state index contributed by atoms with van der Waals surface area (Å²) in [7, 11) is 1.66. The maximum absolute atomic E-state index is 12.5. The summed E-state index contributed by atoms with van der Waals surface area (Å²) in [5.74, 6) is 0.523. The van der Waals surface area contributed by atoms with Crippen molar-refractivity contribution in [2.75, 3.05) is 13.7 Å². The fraction of sp³-hybridized carbons (Fsp3) is 0.682. The van der Waals surface area contributed by atoms with Gasteiger partial charge in [0.2, 0.25) is 0 Å². The number of carbonyl (C=O) groups is 1. The zero-order chi connectivity index (χ0) is 18.5. The highest BCUT2D eigenvalue weighted by Crippen LogP contribution is 2.15. The summed E-state index contributed by atoms with van der Waals surface area (Å²) in [6.07, 6.45) is 8.78. The molecule has 0 aromatic heterocycles. The molecule has 0 aliphatic rings. The van der Waals surface area contributed by atoms with E-state index in [9.17, 15) is 4.79 Å². The topological polar surface area (TPSA) is 35.5 Å². The van der Waals surface area contributed by atoms with Crippen molar-refractivity contribution < 1.29 is 14.3 Å². The van der Waals surface area contributed by atoms with Gasteiger partial charge in [-0.15, -0.1) is 0 Å². The second kappa shape index (κ2) is 12.9. The Morgan fingerprint density at radius 2 is 1.84 bits per heavy atom. The molecule has 0 fully saturated rings. The van der Waals surface area contributed by atoms with Crippen LogP contribution in [0.25, 0.3) is 0 Å². The van der Waals surface area contributed by atoms with Crippen molar-refractivity contribution in [3.63, 3.8) is 0 Å². The zero-order valence-electron chi connectivity index (χ0n) is 16.6. The van der Waals surface area contributed by atoms with Gasteiger partial charge < -0.3 is 9.47 Å². The van der Waals surface area contributed by atoms with Crippen LogP contribution in [0.4, 0.5) is 0 Å². The molecule has 0 radical (unpaired) electrons. The molecule has 0 amide bonds. The summed E-state index contributed by atoms with van der Waals surface area (Å²) < 4.78 is 10.9. The molecule has 0 saturated carbocycles. The number of unbranched alkanes of at least 4 members (excludes halogenated alkanes) is 3. The average molecular weight is 349 g/mol. The third-order valence-electron chi connectivity index (χ3n) is 4.42. The number of esters is 1. The second-order valence-corrected chi connectivity index (χ2v) is 7.32. The van der Waals surface area contributed by atoms with Crippen molar-refractivity contribution in [1.29, 1.82) is 0 Å². The summed E-state index contributed by atoms with van der Waals surface area (Å²) in [6, 6.07) is 7.82. The molecule has 142 valence electrons. The predicted octanol–water partition coefficient (Wildman–Crippen LogP) is 5.81. The van der Waals surface area contributed by atoms with E-state index in [1.807, 2.05) is 18.2 Å². The Morgan fingerprint density at radius 3 is 2.52 bits per heavy atom. The number of carbonyl (C=O) groups excluding carboxylic acids is 1. The van der Waals surface area contributed by atoms with Crippen molar-refractivity contribution >= 4 is 5.97 Å². The van der Waals surface area contributed by atoms with Crippen LogP contribution in [0.5, 0.6) is 0 Å². The van der Waals surface area contributed by atoms with E-state index in [1.54, 1.807) is 7.11 Å². The summed E-state index contributed by atoms with van der Waals surface area (Å²) in [5.41, 5.74) is 1.85. The van der Waals surface area contributed by atoms with Crippen molar-refractivity contribution in [3.8, 4) is 0 Å². The molecule has 1 aromatic rings. The van der Waals surface area contributed by atoms with Crippen molar-refractivity contribution in [3.05, 3.63) is 35.4 Å². The van der Waals surface area contributed by atoms with Gasteiger partial charge in [0.1, 0.15) is 6.10 Å². The standard InChI is InChI=1S/C22H36O3/c1-5-6-12-19-13-10-14-20(16-19)22(23)25-21(17-24-4)15-9-7-8-11-18(2)3/h10,13-14,16,18,21H,5-9,11-12,15,17H2,1-4H3. The minimum Gasteiger partial charge on any atom is -0.456 e. The van der Waals surface area contributed by atoms with Crippen LogP contribution in [0.15, 0.2) is 24.3 Å². The lowest BCUT2D eigenvalue weighted by Gasteiger charge is -2.17. The van der Waals surface area contributed by atoms with E-state index >= 15 is 0 Å². The van der Waals surface area contributed by atoms with E-state index in [0.717, 1.165) is 38.0 Å². The molecule has 25 heavy (non-hydrogen) atoms. The first-order valence-corrected chi connectivity index (χ1v) is 9.85. The van der Waals surface area contributed by atoms with Crippen LogP contribution in [-0.4, -0.2) is 25.8 Å². The predicted molar refractivity (Wildman–Crippen MR) is 104 cm³/mol. The van der Waals surface area contributed by atoms with Crippen LogP contribution in [0.2, 0.25) is 0 Å². The lowest BCUT2D eigenvalue weighted by atomic mass is 10.0. The monoisotopic (exact) mass is 348 g/mol. The number of aryl methyl sites for hydroxylation is 1. The van der Waals surface area contributed by atoms with Gasteiger partial charge in [-0.2, -0.15) is 0 Å². The van der Waals surface area contributed by atoms with Crippen LogP contribution >= 0.6 is 0 Å². The molecule has 0 aliphatic carbocycles. The van der Waals surface area contributed by atoms with Crippen molar-refractivity contribution in [1.82, 2.24) is 0 Å². The third kappa shape index (κ3) is 9.64. The van der Waals surface area contributed by atoms with E-state index in [-0.39, 0.29) is 12.1 Å². The average Bonchev–Trinajstić information content (AvgIpc) is 2.59. The fourth-order valence-corrected chi connectivity index (χ4v) is 2.92. The molecular formula is C22H36O3. The summed E-state index contributed by atoms with van der Waals surface area (Å²) in [5, 5.41) is 0. The van der Waals surface area contributed by atoms with Gasteiger partial charge in [0.05, 0.1) is 12.2 Å². The molecular weight excluding hydrogens is 312 g/mol. The van der Waals surface area contributed by atoms with Crippen LogP contribution in [0.1, 0.15) is 81.6 Å². The van der Waals surface area contributed by atoms with Crippen molar-refractivity contribution in [2.45, 2.75) is 78.2 Å². The van der Waals surface area contributed by atoms with Gasteiger partial charge in [-0.3, -0.25) is 0 Å². The minimum absolute atomic E-state index is 0.157. The smallest absolute Gasteiger partial charge is 0.338 e. The molecule has 0 heterocycles. The molecule has 1 rings (SSSR count). The quantitative estimate of drug-likeness (QED) is 0.333. The number of rotatable bonds is 13. The van der Waals surface area contributed by atoms with Gasteiger partial charge in [-0.25, -0.2) is 4.79 Å². The van der Waals surface area contributed by atoms with Crippen LogP contribution in [0, 0.1) is 5.92 Å². The first kappa shape index (κ1) is 21.7. The Kier molecular flexibility index (Phi) is 11.2. The summed E-state index contributed by atoms with van der Waals surface area (Å²) >= 11 is 0. The highest BCUT2D eigenvalue weighted by atomic mass is 16.6. The highest BCUT2D eigenvalue weighted by Gasteiger charge is 2.16. The van der Waals surface area contributed by atoms with Crippen molar-refractivity contribution in [2.24, 2.45) is 5.92 Å². The molecule has 0 saturated heterocycles. The van der Waals surface area contributed by atoms with Gasteiger partial charge in [-0.1, -0.05) is 58.6 Å². The molecule has 0 bridgehead atoms. The van der Waals surface area contributed by atoms with E-state index in [4.69, 9.17) is 9.47 Å². The zero-order valence-corrected chi connectivity index (χ0v) is 16.6. The Hall–Kier alpha value is -1.35.